The molecule has 6 heteroatoms. The summed E-state index contributed by atoms with van der Waals surface area (Å²) in [5.41, 5.74) is 0. The average Bonchev–Trinajstić information content (AvgIpc) is 2.91. The molecule has 1 aliphatic heterocycles. The van der Waals surface area contributed by atoms with E-state index in [0.717, 1.165) is 38.5 Å². The van der Waals surface area contributed by atoms with E-state index in [1.165, 1.54) is 31.5 Å². The molecule has 0 amide bonds. The normalized spacial score (nSPS) is 23.3. The Morgan fingerprint density at radius 2 is 1.68 bits per heavy atom. The molecule has 0 bridgehead atoms. The SMILES string of the molecule is CCO[Si](CC)(CCCN1CCC[Si]1(CC)OCC)OCC. The quantitative estimate of drug-likeness (QED) is 0.497. The van der Waals surface area contributed by atoms with Crippen LogP contribution in [-0.2, 0) is 13.3 Å². The van der Waals surface area contributed by atoms with Crippen LogP contribution < -0.4 is 0 Å². The Balaban J connectivity index is 2.56. The van der Waals surface area contributed by atoms with Crippen molar-refractivity contribution in [3.63, 3.8) is 0 Å². The first-order valence-electron chi connectivity index (χ1n) is 9.28. The minimum Gasteiger partial charge on any atom is -0.403 e. The molecule has 0 radical (unpaired) electrons. The van der Waals surface area contributed by atoms with Gasteiger partial charge in [0.25, 0.3) is 8.48 Å². The van der Waals surface area contributed by atoms with Crippen molar-refractivity contribution < 1.29 is 13.3 Å². The summed E-state index contributed by atoms with van der Waals surface area (Å²) in [6, 6.07) is 4.69. The van der Waals surface area contributed by atoms with Crippen LogP contribution in [0.2, 0.25) is 24.2 Å². The van der Waals surface area contributed by atoms with E-state index in [2.05, 4.69) is 39.2 Å². The van der Waals surface area contributed by atoms with E-state index in [0.29, 0.717) is 0 Å². The van der Waals surface area contributed by atoms with Crippen molar-refractivity contribution >= 4 is 17.0 Å². The molecule has 1 saturated heterocycles. The van der Waals surface area contributed by atoms with Crippen molar-refractivity contribution in [2.45, 2.75) is 71.6 Å². The lowest BCUT2D eigenvalue weighted by Crippen LogP contribution is -2.52. The zero-order chi connectivity index (χ0) is 16.5. The van der Waals surface area contributed by atoms with Crippen molar-refractivity contribution in [3.8, 4) is 0 Å². The van der Waals surface area contributed by atoms with Crippen molar-refractivity contribution in [2.24, 2.45) is 0 Å². The number of hydrogen-bond donors (Lipinski definition) is 0. The molecule has 0 spiro atoms. The smallest absolute Gasteiger partial charge is 0.337 e. The van der Waals surface area contributed by atoms with Crippen LogP contribution in [-0.4, -0.2) is 54.5 Å². The molecule has 0 aromatic rings. The number of hydrogen-bond acceptors (Lipinski definition) is 4. The Morgan fingerprint density at radius 3 is 2.18 bits per heavy atom. The van der Waals surface area contributed by atoms with Gasteiger partial charge in [-0.15, -0.1) is 0 Å². The standard InChI is InChI=1S/C16H37NO3Si2/c1-6-18-21(9-4)15-11-13-17(21)14-12-16-22(10-5,19-7-2)20-8-3/h6-16H2,1-5H3. The second-order valence-electron chi connectivity index (χ2n) is 6.06. The summed E-state index contributed by atoms with van der Waals surface area (Å²) in [6.07, 6.45) is 2.50. The molecule has 1 rings (SSSR count). The van der Waals surface area contributed by atoms with Gasteiger partial charge in [-0.05, 0) is 70.9 Å². The third-order valence-corrected chi connectivity index (χ3v) is 13.4. The average molecular weight is 348 g/mol. The van der Waals surface area contributed by atoms with E-state index in [-0.39, 0.29) is 0 Å². The highest BCUT2D eigenvalue weighted by Crippen LogP contribution is 2.31. The Bertz CT molecular complexity index is 301. The predicted molar refractivity (Wildman–Crippen MR) is 97.8 cm³/mol. The first kappa shape index (κ1) is 20.3. The minimum atomic E-state index is -1.97. The molecule has 1 heterocycles. The summed E-state index contributed by atoms with van der Waals surface area (Å²) < 4.78 is 21.1. The van der Waals surface area contributed by atoms with Crippen LogP contribution in [0.15, 0.2) is 0 Å². The van der Waals surface area contributed by atoms with Crippen molar-refractivity contribution in [1.82, 2.24) is 4.57 Å². The molecule has 1 aliphatic rings. The topological polar surface area (TPSA) is 30.9 Å². The summed E-state index contributed by atoms with van der Waals surface area (Å²) in [7, 11) is -3.58. The molecule has 132 valence electrons. The summed E-state index contributed by atoms with van der Waals surface area (Å²) in [5, 5.41) is 0. The van der Waals surface area contributed by atoms with Crippen LogP contribution in [0.5, 0.6) is 0 Å². The van der Waals surface area contributed by atoms with E-state index >= 15 is 0 Å². The van der Waals surface area contributed by atoms with Gasteiger partial charge in [-0.1, -0.05) is 13.8 Å². The van der Waals surface area contributed by atoms with E-state index in [1.807, 2.05) is 0 Å². The molecule has 0 aromatic carbocycles. The highest BCUT2D eigenvalue weighted by atomic mass is 28.4. The number of rotatable bonds is 12. The highest BCUT2D eigenvalue weighted by Gasteiger charge is 2.44. The summed E-state index contributed by atoms with van der Waals surface area (Å²) >= 11 is 0. The first-order chi connectivity index (χ1) is 10.6. The van der Waals surface area contributed by atoms with Crippen LogP contribution in [0.1, 0.15) is 47.5 Å². The summed E-state index contributed by atoms with van der Waals surface area (Å²) in [6.45, 7) is 15.6. The van der Waals surface area contributed by atoms with Crippen LogP contribution in [0.3, 0.4) is 0 Å². The van der Waals surface area contributed by atoms with Gasteiger partial charge in [0.2, 0.25) is 0 Å². The fourth-order valence-electron chi connectivity index (χ4n) is 3.79. The second-order valence-corrected chi connectivity index (χ2v) is 13.7. The Kier molecular flexibility index (Phi) is 9.42. The second kappa shape index (κ2) is 10.2. The highest BCUT2D eigenvalue weighted by molar-refractivity contribution is 6.71. The van der Waals surface area contributed by atoms with Gasteiger partial charge in [-0.25, -0.2) is 0 Å². The van der Waals surface area contributed by atoms with Crippen molar-refractivity contribution in [3.05, 3.63) is 0 Å². The lowest BCUT2D eigenvalue weighted by Gasteiger charge is -2.36. The lowest BCUT2D eigenvalue weighted by atomic mass is 10.4. The predicted octanol–water partition coefficient (Wildman–Crippen LogP) is 4.12. The first-order valence-corrected chi connectivity index (χ1v) is 13.8. The van der Waals surface area contributed by atoms with Crippen LogP contribution in [0.25, 0.3) is 0 Å². The van der Waals surface area contributed by atoms with Crippen LogP contribution >= 0.6 is 0 Å². The van der Waals surface area contributed by atoms with Crippen LogP contribution in [0, 0.1) is 0 Å². The monoisotopic (exact) mass is 347 g/mol. The zero-order valence-electron chi connectivity index (χ0n) is 15.5. The number of nitrogens with zero attached hydrogens (tertiary/aromatic N) is 1. The third-order valence-electron chi connectivity index (χ3n) is 4.88. The maximum absolute atomic E-state index is 6.27. The van der Waals surface area contributed by atoms with Gasteiger partial charge in [-0.3, -0.25) is 0 Å². The molecule has 0 N–H and O–H groups in total. The molecule has 1 atom stereocenters. The zero-order valence-corrected chi connectivity index (χ0v) is 17.5. The summed E-state index contributed by atoms with van der Waals surface area (Å²) in [4.78, 5) is 0. The molecular formula is C16H37NO3Si2. The van der Waals surface area contributed by atoms with Gasteiger partial charge in [-0.2, -0.15) is 0 Å². The van der Waals surface area contributed by atoms with E-state index in [9.17, 15) is 0 Å². The summed E-state index contributed by atoms with van der Waals surface area (Å²) in [5.74, 6) is 0. The fourth-order valence-corrected chi connectivity index (χ4v) is 10.7. The van der Waals surface area contributed by atoms with Gasteiger partial charge in [0.1, 0.15) is 0 Å². The molecule has 4 nitrogen and oxygen atoms in total. The fraction of sp³-hybridized carbons (Fsp3) is 1.00. The van der Waals surface area contributed by atoms with Gasteiger partial charge >= 0.3 is 8.56 Å². The molecule has 0 aromatic heterocycles. The maximum Gasteiger partial charge on any atom is 0.337 e. The van der Waals surface area contributed by atoms with E-state index in [4.69, 9.17) is 13.3 Å². The van der Waals surface area contributed by atoms with Crippen molar-refractivity contribution in [2.75, 3.05) is 32.9 Å². The molecular weight excluding hydrogens is 310 g/mol. The van der Waals surface area contributed by atoms with Gasteiger partial charge in [0.05, 0.1) is 0 Å². The largest absolute Gasteiger partial charge is 0.403 e. The molecule has 0 saturated carbocycles. The molecule has 1 unspecified atom stereocenters. The molecule has 22 heavy (non-hydrogen) atoms. The Hall–Kier alpha value is 0.274. The van der Waals surface area contributed by atoms with E-state index < -0.39 is 17.0 Å². The lowest BCUT2D eigenvalue weighted by molar-refractivity contribution is 0.181. The van der Waals surface area contributed by atoms with Gasteiger partial charge < -0.3 is 17.8 Å². The minimum absolute atomic E-state index is 0.774. The maximum atomic E-state index is 6.27. The third kappa shape index (κ3) is 5.14. The van der Waals surface area contributed by atoms with Crippen molar-refractivity contribution in [1.29, 1.82) is 0 Å². The molecule has 1 fully saturated rings. The van der Waals surface area contributed by atoms with E-state index in [1.54, 1.807) is 0 Å². The Labute approximate surface area is 140 Å². The molecule has 0 aliphatic carbocycles. The van der Waals surface area contributed by atoms with Gasteiger partial charge in [0.15, 0.2) is 0 Å². The van der Waals surface area contributed by atoms with Crippen LogP contribution in [0.4, 0.5) is 0 Å². The Morgan fingerprint density at radius 1 is 1.00 bits per heavy atom. The van der Waals surface area contributed by atoms with Gasteiger partial charge in [0, 0.05) is 19.8 Å².